The largest absolute Gasteiger partial charge is 0.289 e. The quantitative estimate of drug-likeness (QED) is 0.275. The van der Waals surface area contributed by atoms with Crippen LogP contribution in [0.5, 0.6) is 0 Å². The molecule has 32 heavy (non-hydrogen) atoms. The molecule has 0 N–H and O–H groups in total. The molecule has 1 nitrogen and oxygen atoms in total. The number of allylic oxidation sites excluding steroid dienone is 1. The van der Waals surface area contributed by atoms with Crippen LogP contribution in [0.3, 0.4) is 0 Å². The number of carbonyl (C=O) groups excluding carboxylic acids is 1. The van der Waals surface area contributed by atoms with E-state index in [4.69, 9.17) is 0 Å². The van der Waals surface area contributed by atoms with Gasteiger partial charge in [-0.05, 0) is 53.9 Å². The normalized spacial score (nSPS) is 11.8. The lowest BCUT2D eigenvalue weighted by molar-refractivity contribution is -0.109. The first-order chi connectivity index (χ1) is 15.6. The fourth-order valence-corrected chi connectivity index (χ4v) is 8.68. The van der Waals surface area contributed by atoms with Gasteiger partial charge in [0.05, 0.1) is 0 Å². The molecule has 0 spiro atoms. The number of ketones is 1. The molecule has 4 aromatic rings. The second kappa shape index (κ2) is 9.81. The van der Waals surface area contributed by atoms with Crippen molar-refractivity contribution in [3.8, 4) is 0 Å². The SMILES string of the molecule is CC(C(=O)/C(C)=C/c1ccccc1)=P(c1ccccc1)(c1ccccc1)c1ccccc1. The van der Waals surface area contributed by atoms with Gasteiger partial charge in [-0.2, -0.15) is 0 Å². The van der Waals surface area contributed by atoms with Crippen LogP contribution in [0.15, 0.2) is 127 Å². The van der Waals surface area contributed by atoms with Gasteiger partial charge in [-0.1, -0.05) is 121 Å². The third kappa shape index (κ3) is 4.17. The summed E-state index contributed by atoms with van der Waals surface area (Å²) in [5, 5.41) is 4.47. The zero-order valence-electron chi connectivity index (χ0n) is 18.5. The summed E-state index contributed by atoms with van der Waals surface area (Å²) in [6, 6.07) is 41.6. The molecule has 0 bridgehead atoms. The maximum absolute atomic E-state index is 13.9. The highest BCUT2D eigenvalue weighted by Gasteiger charge is 2.30. The van der Waals surface area contributed by atoms with Crippen molar-refractivity contribution in [3.63, 3.8) is 0 Å². The molecule has 2 heteroatoms. The van der Waals surface area contributed by atoms with Gasteiger partial charge in [-0.3, -0.25) is 4.79 Å². The molecule has 0 atom stereocenters. The highest BCUT2D eigenvalue weighted by molar-refractivity contribution is 7.96. The molecular formula is C30H27OP. The van der Waals surface area contributed by atoms with Gasteiger partial charge in [-0.15, -0.1) is 0 Å². The fraction of sp³-hybridized carbons (Fsp3) is 0.0667. The predicted molar refractivity (Wildman–Crippen MR) is 141 cm³/mol. The standard InChI is InChI=1S/C30H27OP/c1-24(23-26-15-7-3-8-16-26)30(31)25(2)32(27-17-9-4-10-18-27,28-19-11-5-12-20-28)29-21-13-6-14-22-29/h3-23H,1-2H3/b24-23+. The number of hydrogen-bond acceptors (Lipinski definition) is 1. The molecule has 4 aromatic carbocycles. The average Bonchev–Trinajstić information content (AvgIpc) is 2.86. The molecule has 0 saturated heterocycles. The summed E-state index contributed by atoms with van der Waals surface area (Å²) in [6.07, 6.45) is 1.99. The Morgan fingerprint density at radius 2 is 0.906 bits per heavy atom. The molecule has 0 heterocycles. The lowest BCUT2D eigenvalue weighted by atomic mass is 10.1. The van der Waals surface area contributed by atoms with Gasteiger partial charge < -0.3 is 0 Å². The fourth-order valence-electron chi connectivity index (χ4n) is 4.29. The van der Waals surface area contributed by atoms with Crippen LogP contribution in [-0.2, 0) is 4.79 Å². The molecule has 4 rings (SSSR count). The van der Waals surface area contributed by atoms with E-state index in [2.05, 4.69) is 72.8 Å². The van der Waals surface area contributed by atoms with Gasteiger partial charge in [0.25, 0.3) is 0 Å². The predicted octanol–water partition coefficient (Wildman–Crippen LogP) is 5.85. The number of Topliss-reactive ketones (excluding diaryl/α,β-unsaturated/α-hetero) is 1. The van der Waals surface area contributed by atoms with Crippen LogP contribution in [0, 0.1) is 0 Å². The van der Waals surface area contributed by atoms with Crippen molar-refractivity contribution < 1.29 is 4.79 Å². The second-order valence-corrected chi connectivity index (χ2v) is 11.4. The summed E-state index contributed by atoms with van der Waals surface area (Å²) in [6.45, 7) is 1.63. The van der Waals surface area contributed by atoms with Crippen molar-refractivity contribution in [1.82, 2.24) is 0 Å². The Bertz CT molecular complexity index is 1170. The Hall–Kier alpha value is -3.41. The topological polar surface area (TPSA) is 17.1 Å². The van der Waals surface area contributed by atoms with Crippen LogP contribution in [0.4, 0.5) is 0 Å². The molecule has 0 saturated carbocycles. The minimum atomic E-state index is -2.33. The van der Waals surface area contributed by atoms with Crippen LogP contribution in [0.25, 0.3) is 6.08 Å². The van der Waals surface area contributed by atoms with Gasteiger partial charge in [0, 0.05) is 5.29 Å². The first kappa shape index (κ1) is 21.8. The zero-order chi connectivity index (χ0) is 22.4. The van der Waals surface area contributed by atoms with Gasteiger partial charge in [0.2, 0.25) is 0 Å². The van der Waals surface area contributed by atoms with Crippen molar-refractivity contribution in [2.45, 2.75) is 13.8 Å². The molecule has 0 fully saturated rings. The molecule has 158 valence electrons. The van der Waals surface area contributed by atoms with E-state index in [1.165, 1.54) is 15.9 Å². The van der Waals surface area contributed by atoms with Crippen molar-refractivity contribution in [2.24, 2.45) is 0 Å². The number of rotatable bonds is 6. The van der Waals surface area contributed by atoms with Crippen LogP contribution in [0.1, 0.15) is 19.4 Å². The zero-order valence-corrected chi connectivity index (χ0v) is 19.4. The number of carbonyl (C=O) groups is 1. The number of hydrogen-bond donors (Lipinski definition) is 0. The molecule has 0 unspecified atom stereocenters. The first-order valence-corrected chi connectivity index (χ1v) is 12.6. The smallest absolute Gasteiger partial charge is 0.185 e. The van der Waals surface area contributed by atoms with Crippen LogP contribution in [-0.4, -0.2) is 11.1 Å². The minimum absolute atomic E-state index is 0.110. The lowest BCUT2D eigenvalue weighted by Gasteiger charge is -2.31. The highest BCUT2D eigenvalue weighted by atomic mass is 31.2. The summed E-state index contributed by atoms with van der Waals surface area (Å²) in [5.41, 5.74) is 1.79. The molecule has 0 radical (unpaired) electrons. The van der Waals surface area contributed by atoms with Crippen LogP contribution < -0.4 is 15.9 Å². The Labute approximate surface area is 191 Å². The Morgan fingerprint density at radius 1 is 0.562 bits per heavy atom. The van der Waals surface area contributed by atoms with E-state index in [1.807, 2.05) is 68.5 Å². The summed E-state index contributed by atoms with van der Waals surface area (Å²) in [5.74, 6) is 0.110. The van der Waals surface area contributed by atoms with E-state index >= 15 is 0 Å². The monoisotopic (exact) mass is 434 g/mol. The van der Waals surface area contributed by atoms with E-state index in [9.17, 15) is 4.79 Å². The summed E-state index contributed by atoms with van der Waals surface area (Å²) in [4.78, 5) is 13.9. The third-order valence-electron chi connectivity index (χ3n) is 5.80. The van der Waals surface area contributed by atoms with E-state index in [-0.39, 0.29) is 5.78 Å². The molecule has 0 aromatic heterocycles. The first-order valence-electron chi connectivity index (χ1n) is 10.8. The number of benzene rings is 4. The van der Waals surface area contributed by atoms with Crippen LogP contribution in [0.2, 0.25) is 0 Å². The van der Waals surface area contributed by atoms with Crippen molar-refractivity contribution in [3.05, 3.63) is 132 Å². The van der Waals surface area contributed by atoms with E-state index in [1.54, 1.807) is 0 Å². The van der Waals surface area contributed by atoms with Gasteiger partial charge in [0.15, 0.2) is 5.78 Å². The van der Waals surface area contributed by atoms with Gasteiger partial charge in [0.1, 0.15) is 0 Å². The van der Waals surface area contributed by atoms with Gasteiger partial charge in [-0.25, -0.2) is 0 Å². The lowest BCUT2D eigenvalue weighted by Crippen LogP contribution is -2.32. The maximum Gasteiger partial charge on any atom is 0.185 e. The third-order valence-corrected chi connectivity index (χ3v) is 10.2. The van der Waals surface area contributed by atoms with Crippen LogP contribution >= 0.6 is 6.89 Å². The molecule has 0 aliphatic heterocycles. The average molecular weight is 435 g/mol. The van der Waals surface area contributed by atoms with Gasteiger partial charge >= 0.3 is 0 Å². The second-order valence-electron chi connectivity index (χ2n) is 7.83. The molecule has 0 amide bonds. The Kier molecular flexibility index (Phi) is 6.69. The molecule has 0 aliphatic carbocycles. The summed E-state index contributed by atoms with van der Waals surface area (Å²) in [7, 11) is 0. The maximum atomic E-state index is 13.9. The van der Waals surface area contributed by atoms with E-state index in [0.29, 0.717) is 0 Å². The molecule has 0 aliphatic rings. The van der Waals surface area contributed by atoms with Crippen molar-refractivity contribution in [1.29, 1.82) is 0 Å². The molecular weight excluding hydrogens is 407 g/mol. The summed E-state index contributed by atoms with van der Waals surface area (Å²) >= 11 is 0. The Morgan fingerprint density at radius 3 is 1.28 bits per heavy atom. The minimum Gasteiger partial charge on any atom is -0.289 e. The van der Waals surface area contributed by atoms with E-state index < -0.39 is 6.89 Å². The van der Waals surface area contributed by atoms with Crippen molar-refractivity contribution in [2.75, 3.05) is 0 Å². The van der Waals surface area contributed by atoms with E-state index in [0.717, 1.165) is 16.4 Å². The summed E-state index contributed by atoms with van der Waals surface area (Å²) < 4.78 is 0. The highest BCUT2D eigenvalue weighted by Crippen LogP contribution is 2.46. The van der Waals surface area contributed by atoms with Crippen molar-refractivity contribution >= 4 is 40.0 Å². The Balaban J connectivity index is 2.06.